The van der Waals surface area contributed by atoms with Crippen LogP contribution in [0.1, 0.15) is 45.3 Å². The maximum absolute atomic E-state index is 6.00. The van der Waals surface area contributed by atoms with Crippen LogP contribution in [0.4, 0.5) is 0 Å². The summed E-state index contributed by atoms with van der Waals surface area (Å²) in [7, 11) is 0. The van der Waals surface area contributed by atoms with Crippen LogP contribution in [0.3, 0.4) is 0 Å². The van der Waals surface area contributed by atoms with Crippen molar-refractivity contribution in [1.29, 1.82) is 0 Å². The number of aromatic nitrogens is 4. The summed E-state index contributed by atoms with van der Waals surface area (Å²) in [4.78, 5) is 4.37. The molecule has 0 aliphatic carbocycles. The van der Waals surface area contributed by atoms with Crippen LogP contribution in [0, 0.1) is 0 Å². The third-order valence-corrected chi connectivity index (χ3v) is 3.09. The summed E-state index contributed by atoms with van der Waals surface area (Å²) in [6.45, 7) is 9.11. The molecule has 0 fully saturated rings. The van der Waals surface area contributed by atoms with Crippen LogP contribution in [-0.4, -0.2) is 32.6 Å². The van der Waals surface area contributed by atoms with Crippen molar-refractivity contribution in [2.24, 2.45) is 5.73 Å². The van der Waals surface area contributed by atoms with Crippen molar-refractivity contribution in [2.75, 3.05) is 6.61 Å². The van der Waals surface area contributed by atoms with Crippen molar-refractivity contribution in [3.05, 3.63) is 17.6 Å². The number of ether oxygens (including phenoxy) is 1. The lowest BCUT2D eigenvalue weighted by molar-refractivity contribution is 0.0665. The molecule has 0 saturated heterocycles. The Labute approximate surface area is 124 Å². The molecule has 0 aliphatic rings. The standard InChI is InChI=1S/C14H23N5O2/c1-5-10-7-12(19(6-2)17-10)14-16-13(18-21-14)11(15)8-20-9(3)4/h7,9,11H,5-6,8,15H2,1-4H3. The highest BCUT2D eigenvalue weighted by atomic mass is 16.5. The minimum Gasteiger partial charge on any atom is -0.377 e. The van der Waals surface area contributed by atoms with Crippen LogP contribution < -0.4 is 5.73 Å². The van der Waals surface area contributed by atoms with Crippen molar-refractivity contribution >= 4 is 0 Å². The largest absolute Gasteiger partial charge is 0.377 e. The molecule has 21 heavy (non-hydrogen) atoms. The van der Waals surface area contributed by atoms with Crippen molar-refractivity contribution in [2.45, 2.75) is 52.8 Å². The van der Waals surface area contributed by atoms with E-state index >= 15 is 0 Å². The fraction of sp³-hybridized carbons (Fsp3) is 0.643. The topological polar surface area (TPSA) is 92.0 Å². The maximum atomic E-state index is 6.00. The molecule has 0 aromatic carbocycles. The number of rotatable bonds is 7. The van der Waals surface area contributed by atoms with Gasteiger partial charge in [-0.25, -0.2) is 0 Å². The Kier molecular flexibility index (Phi) is 5.08. The van der Waals surface area contributed by atoms with Gasteiger partial charge in [0.25, 0.3) is 5.89 Å². The van der Waals surface area contributed by atoms with Crippen LogP contribution in [0.5, 0.6) is 0 Å². The number of nitrogens with two attached hydrogens (primary N) is 1. The third kappa shape index (κ3) is 3.68. The zero-order valence-electron chi connectivity index (χ0n) is 13.0. The Morgan fingerprint density at radius 1 is 1.38 bits per heavy atom. The second kappa shape index (κ2) is 6.82. The molecule has 2 aromatic rings. The second-order valence-electron chi connectivity index (χ2n) is 5.14. The average molecular weight is 293 g/mol. The van der Waals surface area contributed by atoms with E-state index in [4.69, 9.17) is 15.0 Å². The first-order chi connectivity index (χ1) is 10.0. The van der Waals surface area contributed by atoms with Gasteiger partial charge in [-0.15, -0.1) is 0 Å². The van der Waals surface area contributed by atoms with Gasteiger partial charge in [-0.1, -0.05) is 12.1 Å². The molecule has 0 aliphatic heterocycles. The van der Waals surface area contributed by atoms with E-state index in [1.165, 1.54) is 0 Å². The van der Waals surface area contributed by atoms with E-state index in [-0.39, 0.29) is 6.10 Å². The predicted octanol–water partition coefficient (Wildman–Crippen LogP) is 1.94. The summed E-state index contributed by atoms with van der Waals surface area (Å²) >= 11 is 0. The Morgan fingerprint density at radius 2 is 2.14 bits per heavy atom. The number of aryl methyl sites for hydroxylation is 2. The molecule has 7 heteroatoms. The average Bonchev–Trinajstić information content (AvgIpc) is 3.10. The van der Waals surface area contributed by atoms with Crippen LogP contribution in [0.2, 0.25) is 0 Å². The molecule has 0 spiro atoms. The van der Waals surface area contributed by atoms with Gasteiger partial charge in [0.05, 0.1) is 24.4 Å². The first kappa shape index (κ1) is 15.7. The zero-order valence-corrected chi connectivity index (χ0v) is 13.0. The molecule has 2 N–H and O–H groups in total. The minimum absolute atomic E-state index is 0.121. The Hall–Kier alpha value is -1.73. The van der Waals surface area contributed by atoms with Crippen LogP contribution in [0.15, 0.2) is 10.6 Å². The van der Waals surface area contributed by atoms with Crippen LogP contribution in [-0.2, 0) is 17.7 Å². The molecular formula is C14H23N5O2. The Balaban J connectivity index is 2.17. The Bertz CT molecular complexity index is 576. The first-order valence-corrected chi connectivity index (χ1v) is 7.33. The highest BCUT2D eigenvalue weighted by Gasteiger charge is 2.19. The first-order valence-electron chi connectivity index (χ1n) is 7.33. The van der Waals surface area contributed by atoms with E-state index < -0.39 is 6.04 Å². The zero-order chi connectivity index (χ0) is 15.4. The van der Waals surface area contributed by atoms with Crippen molar-refractivity contribution < 1.29 is 9.26 Å². The van der Waals surface area contributed by atoms with Gasteiger partial charge in [0.1, 0.15) is 5.69 Å². The lowest BCUT2D eigenvalue weighted by Crippen LogP contribution is -2.20. The molecule has 1 atom stereocenters. The molecule has 0 amide bonds. The quantitative estimate of drug-likeness (QED) is 0.838. The summed E-state index contributed by atoms with van der Waals surface area (Å²) in [5, 5.41) is 8.42. The number of nitrogens with zero attached hydrogens (tertiary/aromatic N) is 4. The molecule has 2 aromatic heterocycles. The van der Waals surface area contributed by atoms with Gasteiger partial charge in [-0.3, -0.25) is 4.68 Å². The number of hydrogen-bond acceptors (Lipinski definition) is 6. The summed E-state index contributed by atoms with van der Waals surface area (Å²) in [5.41, 5.74) is 7.83. The van der Waals surface area contributed by atoms with E-state index in [1.54, 1.807) is 0 Å². The van der Waals surface area contributed by atoms with Gasteiger partial charge in [0.15, 0.2) is 5.82 Å². The van der Waals surface area contributed by atoms with Crippen molar-refractivity contribution in [3.8, 4) is 11.6 Å². The van der Waals surface area contributed by atoms with Gasteiger partial charge >= 0.3 is 0 Å². The van der Waals surface area contributed by atoms with E-state index in [9.17, 15) is 0 Å². The SMILES string of the molecule is CCc1cc(-c2nc(C(N)COC(C)C)no2)n(CC)n1. The summed E-state index contributed by atoms with van der Waals surface area (Å²) < 4.78 is 12.7. The molecule has 2 rings (SSSR count). The van der Waals surface area contributed by atoms with E-state index in [2.05, 4.69) is 22.2 Å². The molecule has 0 bridgehead atoms. The molecular weight excluding hydrogens is 270 g/mol. The van der Waals surface area contributed by atoms with Gasteiger partial charge in [0.2, 0.25) is 0 Å². The number of hydrogen-bond donors (Lipinski definition) is 1. The van der Waals surface area contributed by atoms with Crippen molar-refractivity contribution in [1.82, 2.24) is 19.9 Å². The third-order valence-electron chi connectivity index (χ3n) is 3.09. The lowest BCUT2D eigenvalue weighted by Gasteiger charge is -2.10. The van der Waals surface area contributed by atoms with Gasteiger partial charge < -0.3 is 15.0 Å². The van der Waals surface area contributed by atoms with Crippen molar-refractivity contribution in [3.63, 3.8) is 0 Å². The molecule has 0 radical (unpaired) electrons. The minimum atomic E-state index is -0.395. The lowest BCUT2D eigenvalue weighted by atomic mass is 10.3. The fourth-order valence-corrected chi connectivity index (χ4v) is 1.92. The van der Waals surface area contributed by atoms with E-state index in [0.717, 1.165) is 24.4 Å². The highest BCUT2D eigenvalue weighted by molar-refractivity contribution is 5.48. The molecule has 2 heterocycles. The molecule has 0 saturated carbocycles. The molecule has 7 nitrogen and oxygen atoms in total. The normalized spacial score (nSPS) is 13.0. The maximum Gasteiger partial charge on any atom is 0.276 e. The summed E-state index contributed by atoms with van der Waals surface area (Å²) in [6, 6.07) is 1.57. The van der Waals surface area contributed by atoms with Gasteiger partial charge in [-0.2, -0.15) is 10.1 Å². The van der Waals surface area contributed by atoms with Gasteiger partial charge in [-0.05, 0) is 33.3 Å². The predicted molar refractivity (Wildman–Crippen MR) is 78.6 cm³/mol. The second-order valence-corrected chi connectivity index (χ2v) is 5.14. The van der Waals surface area contributed by atoms with Crippen LogP contribution in [0.25, 0.3) is 11.6 Å². The molecule has 1 unspecified atom stereocenters. The molecule has 116 valence electrons. The van der Waals surface area contributed by atoms with E-state index in [1.807, 2.05) is 31.5 Å². The van der Waals surface area contributed by atoms with E-state index in [0.29, 0.717) is 18.3 Å². The summed E-state index contributed by atoms with van der Waals surface area (Å²) in [5.74, 6) is 0.895. The smallest absolute Gasteiger partial charge is 0.276 e. The summed E-state index contributed by atoms with van der Waals surface area (Å²) in [6.07, 6.45) is 0.985. The highest BCUT2D eigenvalue weighted by Crippen LogP contribution is 2.20. The fourth-order valence-electron chi connectivity index (χ4n) is 1.92. The Morgan fingerprint density at radius 3 is 2.76 bits per heavy atom. The van der Waals surface area contributed by atoms with Gasteiger partial charge in [0, 0.05) is 6.54 Å². The van der Waals surface area contributed by atoms with Crippen LogP contribution >= 0.6 is 0 Å². The monoisotopic (exact) mass is 293 g/mol.